The number of anilines is 1. The third-order valence-electron chi connectivity index (χ3n) is 2.39. The van der Waals surface area contributed by atoms with Gasteiger partial charge in [-0.2, -0.15) is 0 Å². The Balaban J connectivity index is 2.22. The van der Waals surface area contributed by atoms with Gasteiger partial charge in [0.2, 0.25) is 0 Å². The molecule has 2 rings (SSSR count). The van der Waals surface area contributed by atoms with Crippen molar-refractivity contribution in [1.82, 2.24) is 4.98 Å². The predicted molar refractivity (Wildman–Crippen MR) is 72.0 cm³/mol. The number of amides is 1. The zero-order chi connectivity index (χ0) is 14.7. The molecule has 7 nitrogen and oxygen atoms in total. The van der Waals surface area contributed by atoms with E-state index in [-0.39, 0.29) is 17.1 Å². The standard InChI is InChI=1S/C12H8ClN3O4/c13-7-3-4-14-10(5-7)12(18)15-9-2-1-8(16(19)20)6-11(9)17/h1-6,17H,(H,15,18). The number of phenols is 1. The number of hydrogen-bond acceptors (Lipinski definition) is 5. The molecule has 20 heavy (non-hydrogen) atoms. The molecule has 1 aromatic heterocycles. The monoisotopic (exact) mass is 293 g/mol. The number of pyridine rings is 1. The average Bonchev–Trinajstić information content (AvgIpc) is 2.40. The van der Waals surface area contributed by atoms with Crippen LogP contribution in [-0.2, 0) is 0 Å². The van der Waals surface area contributed by atoms with E-state index in [9.17, 15) is 20.0 Å². The number of nitro groups is 1. The Morgan fingerprint density at radius 2 is 2.10 bits per heavy atom. The summed E-state index contributed by atoms with van der Waals surface area (Å²) in [7, 11) is 0. The van der Waals surface area contributed by atoms with Crippen LogP contribution in [0.3, 0.4) is 0 Å². The predicted octanol–water partition coefficient (Wildman–Crippen LogP) is 2.60. The second-order valence-corrected chi connectivity index (χ2v) is 4.21. The smallest absolute Gasteiger partial charge is 0.274 e. The summed E-state index contributed by atoms with van der Waals surface area (Å²) in [6, 6.07) is 6.22. The summed E-state index contributed by atoms with van der Waals surface area (Å²) >= 11 is 5.73. The lowest BCUT2D eigenvalue weighted by molar-refractivity contribution is -0.384. The summed E-state index contributed by atoms with van der Waals surface area (Å²) in [5.41, 5.74) is -0.168. The van der Waals surface area contributed by atoms with Gasteiger partial charge in [-0.3, -0.25) is 19.9 Å². The third-order valence-corrected chi connectivity index (χ3v) is 2.63. The number of carbonyl (C=O) groups is 1. The number of carbonyl (C=O) groups excluding carboxylic acids is 1. The van der Waals surface area contributed by atoms with Crippen LogP contribution in [0.5, 0.6) is 5.75 Å². The molecule has 0 bridgehead atoms. The maximum atomic E-state index is 11.9. The van der Waals surface area contributed by atoms with Gasteiger partial charge < -0.3 is 10.4 Å². The van der Waals surface area contributed by atoms with Crippen LogP contribution in [0.15, 0.2) is 36.5 Å². The van der Waals surface area contributed by atoms with E-state index in [1.807, 2.05) is 0 Å². The second kappa shape index (κ2) is 5.54. The first-order chi connectivity index (χ1) is 9.47. The van der Waals surface area contributed by atoms with Crippen molar-refractivity contribution in [2.75, 3.05) is 5.32 Å². The number of aromatic nitrogens is 1. The molecule has 102 valence electrons. The molecule has 0 fully saturated rings. The largest absolute Gasteiger partial charge is 0.506 e. The highest BCUT2D eigenvalue weighted by Crippen LogP contribution is 2.28. The van der Waals surface area contributed by atoms with Gasteiger partial charge in [-0.15, -0.1) is 0 Å². The van der Waals surface area contributed by atoms with Crippen molar-refractivity contribution < 1.29 is 14.8 Å². The van der Waals surface area contributed by atoms with Crippen molar-refractivity contribution >= 4 is 28.9 Å². The summed E-state index contributed by atoms with van der Waals surface area (Å²) in [6.07, 6.45) is 1.37. The zero-order valence-electron chi connectivity index (χ0n) is 9.91. The molecule has 2 N–H and O–H groups in total. The van der Waals surface area contributed by atoms with Gasteiger partial charge in [0.05, 0.1) is 16.7 Å². The Labute approximate surface area is 118 Å². The number of nitrogens with zero attached hydrogens (tertiary/aromatic N) is 2. The molecule has 0 atom stereocenters. The first kappa shape index (κ1) is 13.8. The summed E-state index contributed by atoms with van der Waals surface area (Å²) in [6.45, 7) is 0. The van der Waals surface area contributed by atoms with Crippen molar-refractivity contribution in [1.29, 1.82) is 0 Å². The number of non-ortho nitro benzene ring substituents is 1. The molecule has 0 spiro atoms. The number of benzene rings is 1. The average molecular weight is 294 g/mol. The van der Waals surface area contributed by atoms with Gasteiger partial charge in [0.15, 0.2) is 0 Å². The van der Waals surface area contributed by atoms with E-state index in [0.29, 0.717) is 5.02 Å². The van der Waals surface area contributed by atoms with Crippen LogP contribution in [0.25, 0.3) is 0 Å². The summed E-state index contributed by atoms with van der Waals surface area (Å²) in [5.74, 6) is -0.994. The quantitative estimate of drug-likeness (QED) is 0.514. The summed E-state index contributed by atoms with van der Waals surface area (Å²) in [4.78, 5) is 25.6. The maximum absolute atomic E-state index is 11.9. The highest BCUT2D eigenvalue weighted by Gasteiger charge is 2.14. The van der Waals surface area contributed by atoms with E-state index in [1.54, 1.807) is 0 Å². The summed E-state index contributed by atoms with van der Waals surface area (Å²) in [5, 5.41) is 22.9. The van der Waals surface area contributed by atoms with E-state index >= 15 is 0 Å². The van der Waals surface area contributed by atoms with E-state index in [4.69, 9.17) is 11.6 Å². The molecule has 0 radical (unpaired) electrons. The number of nitrogens with one attached hydrogen (secondary N) is 1. The summed E-state index contributed by atoms with van der Waals surface area (Å²) < 4.78 is 0. The van der Waals surface area contributed by atoms with Crippen molar-refractivity contribution in [2.45, 2.75) is 0 Å². The molecular weight excluding hydrogens is 286 g/mol. The molecule has 0 aliphatic rings. The SMILES string of the molecule is O=C(Nc1ccc([N+](=O)[O-])cc1O)c1cc(Cl)ccn1. The van der Waals surface area contributed by atoms with Crippen LogP contribution >= 0.6 is 11.6 Å². The fourth-order valence-electron chi connectivity index (χ4n) is 1.45. The molecule has 0 saturated carbocycles. The van der Waals surface area contributed by atoms with Gasteiger partial charge in [0, 0.05) is 17.3 Å². The van der Waals surface area contributed by atoms with Crippen molar-refractivity contribution in [3.63, 3.8) is 0 Å². The van der Waals surface area contributed by atoms with E-state index in [1.165, 1.54) is 30.5 Å². The maximum Gasteiger partial charge on any atom is 0.274 e. The van der Waals surface area contributed by atoms with Crippen molar-refractivity contribution in [3.8, 4) is 5.75 Å². The topological polar surface area (TPSA) is 105 Å². The van der Waals surface area contributed by atoms with Gasteiger partial charge in [-0.05, 0) is 18.2 Å². The fraction of sp³-hybridized carbons (Fsp3) is 0. The van der Waals surface area contributed by atoms with Crippen LogP contribution in [0, 0.1) is 10.1 Å². The molecule has 0 aliphatic heterocycles. The highest BCUT2D eigenvalue weighted by molar-refractivity contribution is 6.30. The van der Waals surface area contributed by atoms with Crippen LogP contribution in [0.4, 0.5) is 11.4 Å². The minimum absolute atomic E-state index is 0.0439. The number of nitro benzene ring substituents is 1. The molecule has 8 heteroatoms. The van der Waals surface area contributed by atoms with Gasteiger partial charge in [0.1, 0.15) is 11.4 Å². The van der Waals surface area contributed by atoms with Gasteiger partial charge >= 0.3 is 0 Å². The molecule has 1 aromatic carbocycles. The number of rotatable bonds is 3. The lowest BCUT2D eigenvalue weighted by atomic mass is 10.2. The van der Waals surface area contributed by atoms with Crippen molar-refractivity contribution in [2.24, 2.45) is 0 Å². The molecule has 1 amide bonds. The highest BCUT2D eigenvalue weighted by atomic mass is 35.5. The molecule has 2 aromatic rings. The number of phenolic OH excluding ortho intramolecular Hbond substituents is 1. The Morgan fingerprint density at radius 3 is 2.70 bits per heavy atom. The minimum Gasteiger partial charge on any atom is -0.506 e. The fourth-order valence-corrected chi connectivity index (χ4v) is 1.61. The molecule has 0 saturated heterocycles. The first-order valence-electron chi connectivity index (χ1n) is 5.37. The Morgan fingerprint density at radius 1 is 1.35 bits per heavy atom. The van der Waals surface area contributed by atoms with Crippen LogP contribution in [0.1, 0.15) is 10.5 Å². The Hall–Kier alpha value is -2.67. The Kier molecular flexibility index (Phi) is 3.81. The number of aromatic hydroxyl groups is 1. The van der Waals surface area contributed by atoms with Gasteiger partial charge in [0.25, 0.3) is 11.6 Å². The van der Waals surface area contributed by atoms with Crippen molar-refractivity contribution in [3.05, 3.63) is 57.4 Å². The van der Waals surface area contributed by atoms with E-state index in [2.05, 4.69) is 10.3 Å². The van der Waals surface area contributed by atoms with Crippen LogP contribution < -0.4 is 5.32 Å². The minimum atomic E-state index is -0.649. The molecule has 1 heterocycles. The van der Waals surface area contributed by atoms with Gasteiger partial charge in [-0.25, -0.2) is 0 Å². The number of hydrogen-bond donors (Lipinski definition) is 2. The first-order valence-corrected chi connectivity index (χ1v) is 5.75. The third kappa shape index (κ3) is 3.01. The molecular formula is C12H8ClN3O4. The molecule has 0 aliphatic carbocycles. The normalized spacial score (nSPS) is 10.1. The Bertz CT molecular complexity index is 690. The number of halogens is 1. The van der Waals surface area contributed by atoms with Crippen LogP contribution in [0.2, 0.25) is 5.02 Å². The zero-order valence-corrected chi connectivity index (χ0v) is 10.7. The van der Waals surface area contributed by atoms with Crippen LogP contribution in [-0.4, -0.2) is 20.9 Å². The van der Waals surface area contributed by atoms with Gasteiger partial charge in [-0.1, -0.05) is 11.6 Å². The van der Waals surface area contributed by atoms with E-state index < -0.39 is 16.6 Å². The van der Waals surface area contributed by atoms with E-state index in [0.717, 1.165) is 6.07 Å². The molecule has 0 unspecified atom stereocenters. The lowest BCUT2D eigenvalue weighted by Gasteiger charge is -2.06. The second-order valence-electron chi connectivity index (χ2n) is 3.77. The lowest BCUT2D eigenvalue weighted by Crippen LogP contribution is -2.13.